The third kappa shape index (κ3) is 4.61. The van der Waals surface area contributed by atoms with Crippen molar-refractivity contribution in [3.8, 4) is 5.75 Å². The average molecular weight is 418 g/mol. The van der Waals surface area contributed by atoms with Crippen molar-refractivity contribution in [1.82, 2.24) is 0 Å². The highest BCUT2D eigenvalue weighted by Gasteiger charge is 2.38. The number of ether oxygens (including phenoxy) is 2. The molecular weight excluding hydrogens is 390 g/mol. The topological polar surface area (TPSA) is 55.8 Å². The molecular formula is C26H27NO4. The summed E-state index contributed by atoms with van der Waals surface area (Å²) in [6.07, 6.45) is 3.39. The number of esters is 1. The Hall–Kier alpha value is -3.60. The van der Waals surface area contributed by atoms with Gasteiger partial charge in [-0.1, -0.05) is 30.9 Å². The Kier molecular flexibility index (Phi) is 6.75. The molecule has 1 aliphatic rings. The number of allylic oxidation sites excluding steroid dienone is 1. The Labute approximate surface area is 183 Å². The summed E-state index contributed by atoms with van der Waals surface area (Å²) in [7, 11) is 0. The molecule has 2 aromatic rings. The second kappa shape index (κ2) is 9.47. The molecule has 5 heteroatoms. The third-order valence-electron chi connectivity index (χ3n) is 5.19. The molecule has 3 rings (SSSR count). The summed E-state index contributed by atoms with van der Waals surface area (Å²) in [6.45, 7) is 11.8. The minimum Gasteiger partial charge on any atom is -0.490 e. The van der Waals surface area contributed by atoms with Crippen molar-refractivity contribution in [1.29, 1.82) is 0 Å². The van der Waals surface area contributed by atoms with E-state index >= 15 is 0 Å². The van der Waals surface area contributed by atoms with Crippen molar-refractivity contribution >= 4 is 23.6 Å². The minimum absolute atomic E-state index is 0.232. The van der Waals surface area contributed by atoms with Crippen LogP contribution in [0.1, 0.15) is 30.5 Å². The average Bonchev–Trinajstić information content (AvgIpc) is 2.99. The molecule has 0 radical (unpaired) electrons. The highest BCUT2D eigenvalue weighted by Crippen LogP contribution is 2.36. The normalized spacial score (nSPS) is 14.9. The monoisotopic (exact) mass is 417 g/mol. The Morgan fingerprint density at radius 3 is 2.39 bits per heavy atom. The standard InChI is InChI=1S/C26H27NO4/c1-6-14-31-22-12-9-20(10-13-22)16-23-24(26(29)30-7-2)19(5)27(25(23)28)21-11-8-17(3)18(4)15-21/h6,8-13,15-16H,1,7,14H2,2-5H3/b23-16-. The molecule has 0 bridgehead atoms. The van der Waals surface area contributed by atoms with E-state index < -0.39 is 5.97 Å². The molecule has 0 unspecified atom stereocenters. The molecule has 0 aromatic heterocycles. The molecule has 0 atom stereocenters. The molecule has 0 spiro atoms. The first-order valence-electron chi connectivity index (χ1n) is 10.2. The highest BCUT2D eigenvalue weighted by atomic mass is 16.5. The van der Waals surface area contributed by atoms with Crippen LogP contribution in [0.15, 0.2) is 72.0 Å². The number of hydrogen-bond donors (Lipinski definition) is 0. The van der Waals surface area contributed by atoms with E-state index in [1.54, 1.807) is 30.9 Å². The molecule has 0 fully saturated rings. The van der Waals surface area contributed by atoms with Gasteiger partial charge in [-0.15, -0.1) is 0 Å². The second-order valence-electron chi connectivity index (χ2n) is 7.32. The third-order valence-corrected chi connectivity index (χ3v) is 5.19. The zero-order valence-corrected chi connectivity index (χ0v) is 18.4. The molecule has 0 saturated heterocycles. The van der Waals surface area contributed by atoms with Crippen LogP contribution in [0.3, 0.4) is 0 Å². The van der Waals surface area contributed by atoms with Gasteiger partial charge < -0.3 is 9.47 Å². The maximum atomic E-state index is 13.4. The van der Waals surface area contributed by atoms with E-state index in [4.69, 9.17) is 9.47 Å². The van der Waals surface area contributed by atoms with Crippen molar-refractivity contribution in [2.75, 3.05) is 18.1 Å². The van der Waals surface area contributed by atoms with Crippen LogP contribution in [-0.4, -0.2) is 25.1 Å². The van der Waals surface area contributed by atoms with Crippen LogP contribution in [0, 0.1) is 13.8 Å². The van der Waals surface area contributed by atoms with Gasteiger partial charge in [0.2, 0.25) is 0 Å². The number of carbonyl (C=O) groups excluding carboxylic acids is 2. The predicted octanol–water partition coefficient (Wildman–Crippen LogP) is 5.14. The van der Waals surface area contributed by atoms with Crippen molar-refractivity contribution in [3.05, 3.63) is 88.7 Å². The lowest BCUT2D eigenvalue weighted by molar-refractivity contribution is -0.138. The summed E-state index contributed by atoms with van der Waals surface area (Å²) in [6, 6.07) is 13.1. The van der Waals surface area contributed by atoms with Crippen molar-refractivity contribution in [2.45, 2.75) is 27.7 Å². The fourth-order valence-electron chi connectivity index (χ4n) is 3.44. The molecule has 0 saturated carbocycles. The van der Waals surface area contributed by atoms with Gasteiger partial charge in [-0.2, -0.15) is 0 Å². The Balaban J connectivity index is 2.04. The van der Waals surface area contributed by atoms with Crippen LogP contribution in [0.4, 0.5) is 5.69 Å². The zero-order valence-electron chi connectivity index (χ0n) is 18.4. The van der Waals surface area contributed by atoms with Crippen molar-refractivity contribution in [3.63, 3.8) is 0 Å². The molecule has 1 amide bonds. The number of benzene rings is 2. The maximum absolute atomic E-state index is 13.4. The molecule has 31 heavy (non-hydrogen) atoms. The van der Waals surface area contributed by atoms with Crippen LogP contribution in [-0.2, 0) is 14.3 Å². The van der Waals surface area contributed by atoms with E-state index in [1.165, 1.54) is 0 Å². The van der Waals surface area contributed by atoms with Gasteiger partial charge in [0.1, 0.15) is 12.4 Å². The summed E-state index contributed by atoms with van der Waals surface area (Å²) in [5.74, 6) is -0.0541. The Morgan fingerprint density at radius 1 is 1.06 bits per heavy atom. The lowest BCUT2D eigenvalue weighted by Crippen LogP contribution is -2.24. The smallest absolute Gasteiger partial charge is 0.340 e. The fourth-order valence-corrected chi connectivity index (χ4v) is 3.44. The van der Waals surface area contributed by atoms with E-state index in [9.17, 15) is 9.59 Å². The first-order chi connectivity index (χ1) is 14.9. The van der Waals surface area contributed by atoms with E-state index in [0.29, 0.717) is 23.6 Å². The number of carbonyl (C=O) groups is 2. The number of anilines is 1. The molecule has 0 N–H and O–H groups in total. The first kappa shape index (κ1) is 22.1. The van der Waals surface area contributed by atoms with Gasteiger partial charge in [-0.05, 0) is 74.7 Å². The largest absolute Gasteiger partial charge is 0.490 e. The van der Waals surface area contributed by atoms with Gasteiger partial charge in [0.15, 0.2) is 0 Å². The van der Waals surface area contributed by atoms with Crippen LogP contribution in [0.5, 0.6) is 5.75 Å². The number of aryl methyl sites for hydroxylation is 2. The highest BCUT2D eigenvalue weighted by molar-refractivity contribution is 6.23. The molecule has 2 aromatic carbocycles. The predicted molar refractivity (Wildman–Crippen MR) is 123 cm³/mol. The summed E-state index contributed by atoms with van der Waals surface area (Å²) >= 11 is 0. The quantitative estimate of drug-likeness (QED) is 0.356. The van der Waals surface area contributed by atoms with Gasteiger partial charge in [0.25, 0.3) is 5.91 Å². The number of rotatable bonds is 7. The van der Waals surface area contributed by atoms with Crippen LogP contribution < -0.4 is 9.64 Å². The summed E-state index contributed by atoms with van der Waals surface area (Å²) in [5, 5.41) is 0. The van der Waals surface area contributed by atoms with E-state index in [2.05, 4.69) is 6.58 Å². The second-order valence-corrected chi connectivity index (χ2v) is 7.32. The van der Waals surface area contributed by atoms with Crippen molar-refractivity contribution in [2.24, 2.45) is 0 Å². The first-order valence-corrected chi connectivity index (χ1v) is 10.2. The number of nitrogens with zero attached hydrogens (tertiary/aromatic N) is 1. The van der Waals surface area contributed by atoms with Gasteiger partial charge in [0.05, 0.1) is 17.8 Å². The van der Waals surface area contributed by atoms with E-state index in [-0.39, 0.29) is 18.1 Å². The molecule has 1 heterocycles. The lowest BCUT2D eigenvalue weighted by Gasteiger charge is -2.19. The van der Waals surface area contributed by atoms with Crippen molar-refractivity contribution < 1.29 is 19.1 Å². The summed E-state index contributed by atoms with van der Waals surface area (Å²) < 4.78 is 10.8. The lowest BCUT2D eigenvalue weighted by atomic mass is 10.0. The van der Waals surface area contributed by atoms with E-state index in [0.717, 1.165) is 22.4 Å². The minimum atomic E-state index is -0.503. The molecule has 160 valence electrons. The fraction of sp³-hybridized carbons (Fsp3) is 0.231. The zero-order chi connectivity index (χ0) is 22.5. The summed E-state index contributed by atoms with van der Waals surface area (Å²) in [4.78, 5) is 27.7. The number of amides is 1. The molecule has 0 aliphatic carbocycles. The Morgan fingerprint density at radius 2 is 1.77 bits per heavy atom. The van der Waals surface area contributed by atoms with Gasteiger partial charge in [-0.3, -0.25) is 9.69 Å². The van der Waals surface area contributed by atoms with Gasteiger partial charge in [0, 0.05) is 11.4 Å². The number of hydrogen-bond acceptors (Lipinski definition) is 4. The van der Waals surface area contributed by atoms with Crippen LogP contribution in [0.2, 0.25) is 0 Å². The van der Waals surface area contributed by atoms with E-state index in [1.807, 2.05) is 56.3 Å². The molecule has 5 nitrogen and oxygen atoms in total. The van der Waals surface area contributed by atoms with Gasteiger partial charge >= 0.3 is 5.97 Å². The summed E-state index contributed by atoms with van der Waals surface area (Å²) in [5.41, 5.74) is 4.88. The Bertz CT molecular complexity index is 1080. The van der Waals surface area contributed by atoms with Crippen LogP contribution >= 0.6 is 0 Å². The van der Waals surface area contributed by atoms with Crippen LogP contribution in [0.25, 0.3) is 6.08 Å². The molecule has 1 aliphatic heterocycles. The maximum Gasteiger partial charge on any atom is 0.340 e. The SMILES string of the molecule is C=CCOc1ccc(/C=C2\C(=O)N(c3ccc(C)c(C)c3)C(C)=C2C(=O)OCC)cc1. The van der Waals surface area contributed by atoms with Gasteiger partial charge in [-0.25, -0.2) is 4.79 Å².